The van der Waals surface area contributed by atoms with E-state index in [1.165, 1.54) is 5.56 Å². The number of nitrogens with one attached hydrogen (secondary N) is 1. The summed E-state index contributed by atoms with van der Waals surface area (Å²) in [6.45, 7) is 6.19. The van der Waals surface area contributed by atoms with Gasteiger partial charge in [0, 0.05) is 5.56 Å². The number of aryl methyl sites for hydroxylation is 1. The summed E-state index contributed by atoms with van der Waals surface area (Å²) in [4.78, 5) is 4.45. The number of aromatic amines is 1. The molecule has 0 unspecified atom stereocenters. The van der Waals surface area contributed by atoms with Crippen molar-refractivity contribution in [2.24, 2.45) is 11.7 Å². The molecule has 2 aromatic rings. The normalized spacial score (nSPS) is 13.0. The second-order valence-electron chi connectivity index (χ2n) is 4.68. The Bertz CT molecular complexity index is 502. The van der Waals surface area contributed by atoms with E-state index in [-0.39, 0.29) is 6.04 Å². The van der Waals surface area contributed by atoms with Crippen molar-refractivity contribution < 1.29 is 0 Å². The van der Waals surface area contributed by atoms with E-state index >= 15 is 0 Å². The monoisotopic (exact) mass is 230 g/mol. The molecule has 0 aliphatic rings. The van der Waals surface area contributed by atoms with Gasteiger partial charge in [0.05, 0.1) is 6.04 Å². The molecule has 0 radical (unpaired) electrons. The van der Waals surface area contributed by atoms with Crippen LogP contribution in [0.3, 0.4) is 0 Å². The van der Waals surface area contributed by atoms with Crippen LogP contribution in [0.5, 0.6) is 0 Å². The van der Waals surface area contributed by atoms with Crippen molar-refractivity contribution in [2.45, 2.75) is 26.8 Å². The first-order valence-corrected chi connectivity index (χ1v) is 5.83. The average Bonchev–Trinajstić information content (AvgIpc) is 2.77. The van der Waals surface area contributed by atoms with Gasteiger partial charge in [0.25, 0.3) is 0 Å². The standard InChI is InChI=1S/C13H18N4/c1-8(2)11(14)13-15-12(16-17-13)10-6-4-5-9(3)7-10/h4-8,11H,14H2,1-3H3,(H,15,16,17)/t11-/m1/s1. The molecule has 2 rings (SSSR count). The van der Waals surface area contributed by atoms with Crippen molar-refractivity contribution in [2.75, 3.05) is 0 Å². The minimum absolute atomic E-state index is 0.0962. The minimum atomic E-state index is -0.0962. The van der Waals surface area contributed by atoms with Crippen LogP contribution in [-0.4, -0.2) is 15.2 Å². The van der Waals surface area contributed by atoms with Crippen LogP contribution in [0.2, 0.25) is 0 Å². The van der Waals surface area contributed by atoms with Crippen LogP contribution >= 0.6 is 0 Å². The summed E-state index contributed by atoms with van der Waals surface area (Å²) in [6, 6.07) is 8.02. The molecule has 0 amide bonds. The summed E-state index contributed by atoms with van der Waals surface area (Å²) in [5.41, 5.74) is 8.24. The van der Waals surface area contributed by atoms with Gasteiger partial charge < -0.3 is 5.73 Å². The van der Waals surface area contributed by atoms with Gasteiger partial charge in [0.1, 0.15) is 5.82 Å². The third kappa shape index (κ3) is 2.53. The minimum Gasteiger partial charge on any atom is -0.321 e. The molecule has 0 spiro atoms. The second kappa shape index (κ2) is 4.67. The summed E-state index contributed by atoms with van der Waals surface area (Å²) < 4.78 is 0. The molecule has 17 heavy (non-hydrogen) atoms. The summed E-state index contributed by atoms with van der Waals surface area (Å²) in [5, 5.41) is 7.13. The van der Waals surface area contributed by atoms with E-state index in [0.717, 1.165) is 11.4 Å². The fourth-order valence-electron chi connectivity index (χ4n) is 1.65. The molecular weight excluding hydrogens is 212 g/mol. The highest BCUT2D eigenvalue weighted by molar-refractivity contribution is 5.55. The number of rotatable bonds is 3. The van der Waals surface area contributed by atoms with Crippen LogP contribution < -0.4 is 5.73 Å². The molecule has 1 aromatic heterocycles. The van der Waals surface area contributed by atoms with Gasteiger partial charge in [-0.2, -0.15) is 5.10 Å². The van der Waals surface area contributed by atoms with Crippen LogP contribution in [0.15, 0.2) is 24.3 Å². The van der Waals surface area contributed by atoms with Crippen LogP contribution in [0.25, 0.3) is 11.4 Å². The molecular formula is C13H18N4. The third-order valence-corrected chi connectivity index (χ3v) is 2.81. The molecule has 1 atom stereocenters. The lowest BCUT2D eigenvalue weighted by Crippen LogP contribution is -2.18. The van der Waals surface area contributed by atoms with E-state index in [9.17, 15) is 0 Å². The lowest BCUT2D eigenvalue weighted by molar-refractivity contribution is 0.492. The summed E-state index contributed by atoms with van der Waals surface area (Å²) >= 11 is 0. The fraction of sp³-hybridized carbons (Fsp3) is 0.385. The number of nitrogens with two attached hydrogens (primary N) is 1. The molecule has 0 aliphatic carbocycles. The van der Waals surface area contributed by atoms with Crippen molar-refractivity contribution in [3.05, 3.63) is 35.7 Å². The molecule has 0 fully saturated rings. The van der Waals surface area contributed by atoms with Gasteiger partial charge in [-0.15, -0.1) is 0 Å². The van der Waals surface area contributed by atoms with Gasteiger partial charge in [0.15, 0.2) is 5.82 Å². The first-order valence-electron chi connectivity index (χ1n) is 5.83. The van der Waals surface area contributed by atoms with Crippen LogP contribution in [0.4, 0.5) is 0 Å². The zero-order valence-corrected chi connectivity index (χ0v) is 10.4. The van der Waals surface area contributed by atoms with Crippen molar-refractivity contribution in [1.82, 2.24) is 15.2 Å². The second-order valence-corrected chi connectivity index (χ2v) is 4.68. The zero-order chi connectivity index (χ0) is 12.4. The van der Waals surface area contributed by atoms with Crippen LogP contribution in [0, 0.1) is 12.8 Å². The summed E-state index contributed by atoms with van der Waals surface area (Å²) in [6.07, 6.45) is 0. The van der Waals surface area contributed by atoms with Crippen molar-refractivity contribution >= 4 is 0 Å². The first-order chi connectivity index (χ1) is 8.08. The van der Waals surface area contributed by atoms with E-state index in [2.05, 4.69) is 48.1 Å². The van der Waals surface area contributed by atoms with Gasteiger partial charge in [-0.25, -0.2) is 4.98 Å². The number of hydrogen-bond acceptors (Lipinski definition) is 3. The summed E-state index contributed by atoms with van der Waals surface area (Å²) in [7, 11) is 0. The maximum absolute atomic E-state index is 6.03. The van der Waals surface area contributed by atoms with Crippen LogP contribution in [0.1, 0.15) is 31.3 Å². The van der Waals surface area contributed by atoms with Crippen molar-refractivity contribution in [3.8, 4) is 11.4 Å². The van der Waals surface area contributed by atoms with E-state index < -0.39 is 0 Å². The highest BCUT2D eigenvalue weighted by atomic mass is 15.2. The van der Waals surface area contributed by atoms with E-state index in [1.54, 1.807) is 0 Å². The Kier molecular flexibility index (Phi) is 3.24. The zero-order valence-electron chi connectivity index (χ0n) is 10.4. The van der Waals surface area contributed by atoms with E-state index in [4.69, 9.17) is 5.73 Å². The maximum atomic E-state index is 6.03. The molecule has 1 heterocycles. The number of benzene rings is 1. The highest BCUT2D eigenvalue weighted by Gasteiger charge is 2.15. The predicted molar refractivity (Wildman–Crippen MR) is 68.3 cm³/mol. The molecule has 4 nitrogen and oxygen atoms in total. The molecule has 1 aromatic carbocycles. The van der Waals surface area contributed by atoms with Gasteiger partial charge >= 0.3 is 0 Å². The average molecular weight is 230 g/mol. The summed E-state index contributed by atoms with van der Waals surface area (Å²) in [5.74, 6) is 1.80. The Labute approximate surface area is 101 Å². The van der Waals surface area contributed by atoms with Gasteiger partial charge in [-0.05, 0) is 18.9 Å². The quantitative estimate of drug-likeness (QED) is 0.851. The first kappa shape index (κ1) is 11.8. The molecule has 4 heteroatoms. The molecule has 90 valence electrons. The Hall–Kier alpha value is -1.68. The highest BCUT2D eigenvalue weighted by Crippen LogP contribution is 2.20. The van der Waals surface area contributed by atoms with E-state index in [1.807, 2.05) is 12.1 Å². The number of H-pyrrole nitrogens is 1. The SMILES string of the molecule is Cc1cccc(-c2n[nH]c([C@H](N)C(C)C)n2)c1. The largest absolute Gasteiger partial charge is 0.321 e. The van der Waals surface area contributed by atoms with Gasteiger partial charge in [0.2, 0.25) is 0 Å². The van der Waals surface area contributed by atoms with Gasteiger partial charge in [-0.1, -0.05) is 37.6 Å². The number of nitrogens with zero attached hydrogens (tertiary/aromatic N) is 2. The predicted octanol–water partition coefficient (Wildman–Crippen LogP) is 2.44. The fourth-order valence-corrected chi connectivity index (χ4v) is 1.65. The number of hydrogen-bond donors (Lipinski definition) is 2. The topological polar surface area (TPSA) is 67.6 Å². The Balaban J connectivity index is 2.30. The lowest BCUT2D eigenvalue weighted by atomic mass is 10.1. The molecule has 3 N–H and O–H groups in total. The number of aromatic nitrogens is 3. The van der Waals surface area contributed by atoms with Crippen molar-refractivity contribution in [1.29, 1.82) is 0 Å². The van der Waals surface area contributed by atoms with Crippen molar-refractivity contribution in [3.63, 3.8) is 0 Å². The van der Waals surface area contributed by atoms with Gasteiger partial charge in [-0.3, -0.25) is 5.10 Å². The molecule has 0 bridgehead atoms. The smallest absolute Gasteiger partial charge is 0.181 e. The Morgan fingerprint density at radius 3 is 2.71 bits per heavy atom. The third-order valence-electron chi connectivity index (χ3n) is 2.81. The molecule has 0 aliphatic heterocycles. The van der Waals surface area contributed by atoms with E-state index in [0.29, 0.717) is 11.7 Å². The lowest BCUT2D eigenvalue weighted by Gasteiger charge is -2.11. The molecule has 0 saturated carbocycles. The maximum Gasteiger partial charge on any atom is 0.181 e. The molecule has 0 saturated heterocycles. The Morgan fingerprint density at radius 2 is 2.06 bits per heavy atom. The van der Waals surface area contributed by atoms with Crippen LogP contribution in [-0.2, 0) is 0 Å². The Morgan fingerprint density at radius 1 is 1.29 bits per heavy atom.